The summed E-state index contributed by atoms with van der Waals surface area (Å²) < 4.78 is 13.1. The maximum absolute atomic E-state index is 13.1. The van der Waals surface area contributed by atoms with Crippen LogP contribution in [0.25, 0.3) is 0 Å². The molecule has 2 aromatic rings. The molecule has 0 fully saturated rings. The van der Waals surface area contributed by atoms with Crippen molar-refractivity contribution in [3.8, 4) is 0 Å². The molecule has 2 N–H and O–H groups in total. The minimum atomic E-state index is -0.197. The largest absolute Gasteiger partial charge is 0.392 e. The summed E-state index contributed by atoms with van der Waals surface area (Å²) in [7, 11) is 0. The van der Waals surface area contributed by atoms with Crippen molar-refractivity contribution in [3.63, 3.8) is 0 Å². The van der Waals surface area contributed by atoms with Gasteiger partial charge in [0.25, 0.3) is 0 Å². The van der Waals surface area contributed by atoms with Crippen LogP contribution in [0.2, 0.25) is 0 Å². The summed E-state index contributed by atoms with van der Waals surface area (Å²) in [6, 6.07) is 14.5. The number of rotatable bonds is 5. The molecule has 3 heteroatoms. The first kappa shape index (κ1) is 13.6. The minimum Gasteiger partial charge on any atom is -0.392 e. The van der Waals surface area contributed by atoms with Crippen molar-refractivity contribution in [2.24, 2.45) is 0 Å². The number of benzene rings is 2. The monoisotopic (exact) mass is 259 g/mol. The van der Waals surface area contributed by atoms with Crippen molar-refractivity contribution in [1.82, 2.24) is 0 Å². The van der Waals surface area contributed by atoms with Crippen molar-refractivity contribution in [2.75, 3.05) is 5.32 Å². The quantitative estimate of drug-likeness (QED) is 0.863. The summed E-state index contributed by atoms with van der Waals surface area (Å²) in [5.41, 5.74) is 2.87. The molecular weight excluding hydrogens is 241 g/mol. The molecule has 0 radical (unpaired) electrons. The van der Waals surface area contributed by atoms with Crippen LogP contribution in [0.4, 0.5) is 10.1 Å². The molecule has 0 amide bonds. The number of anilines is 1. The van der Waals surface area contributed by atoms with Gasteiger partial charge < -0.3 is 10.4 Å². The molecule has 0 bridgehead atoms. The fourth-order valence-electron chi connectivity index (χ4n) is 2.06. The Hall–Kier alpha value is -1.87. The maximum Gasteiger partial charge on any atom is 0.123 e. The van der Waals surface area contributed by atoms with Crippen LogP contribution >= 0.6 is 0 Å². The first-order chi connectivity index (χ1) is 9.17. The zero-order valence-corrected chi connectivity index (χ0v) is 10.9. The van der Waals surface area contributed by atoms with Gasteiger partial charge in [0.2, 0.25) is 0 Å². The standard InChI is InChI=1S/C16H18FNO/c1-12(9-14-3-2-4-15(17)10-14)18-16-7-5-13(11-19)6-8-16/h2-8,10,12,18-19H,9,11H2,1H3. The van der Waals surface area contributed by atoms with E-state index in [2.05, 4.69) is 12.2 Å². The number of nitrogens with one attached hydrogen (secondary N) is 1. The smallest absolute Gasteiger partial charge is 0.123 e. The lowest BCUT2D eigenvalue weighted by atomic mass is 10.1. The highest BCUT2D eigenvalue weighted by Gasteiger charge is 2.04. The van der Waals surface area contributed by atoms with Crippen molar-refractivity contribution in [2.45, 2.75) is 26.0 Å². The maximum atomic E-state index is 13.1. The average Bonchev–Trinajstić information content (AvgIpc) is 2.39. The fraction of sp³-hybridized carbons (Fsp3) is 0.250. The van der Waals surface area contributed by atoms with Crippen molar-refractivity contribution >= 4 is 5.69 Å². The third-order valence-electron chi connectivity index (χ3n) is 2.98. The summed E-state index contributed by atoms with van der Waals surface area (Å²) in [6.45, 7) is 2.12. The molecule has 2 aromatic carbocycles. The summed E-state index contributed by atoms with van der Waals surface area (Å²) >= 11 is 0. The summed E-state index contributed by atoms with van der Waals surface area (Å²) in [6.07, 6.45) is 0.763. The van der Waals surface area contributed by atoms with Gasteiger partial charge in [-0.05, 0) is 48.7 Å². The molecule has 0 aliphatic carbocycles. The van der Waals surface area contributed by atoms with Gasteiger partial charge in [0, 0.05) is 11.7 Å². The molecule has 0 spiro atoms. The SMILES string of the molecule is CC(Cc1cccc(F)c1)Nc1ccc(CO)cc1. The van der Waals surface area contributed by atoms with Crippen LogP contribution in [-0.4, -0.2) is 11.1 Å². The topological polar surface area (TPSA) is 32.3 Å². The molecule has 100 valence electrons. The van der Waals surface area contributed by atoms with E-state index in [-0.39, 0.29) is 18.5 Å². The molecule has 0 aliphatic rings. The number of aliphatic hydroxyl groups excluding tert-OH is 1. The molecule has 0 saturated heterocycles. The van der Waals surface area contributed by atoms with Crippen LogP contribution < -0.4 is 5.32 Å². The van der Waals surface area contributed by atoms with Crippen LogP contribution in [-0.2, 0) is 13.0 Å². The molecule has 2 rings (SSSR count). The Labute approximate surface area is 112 Å². The van der Waals surface area contributed by atoms with Gasteiger partial charge in [0.1, 0.15) is 5.82 Å². The second-order valence-electron chi connectivity index (χ2n) is 4.73. The normalized spacial score (nSPS) is 12.2. The Morgan fingerprint density at radius 1 is 1.11 bits per heavy atom. The fourth-order valence-corrected chi connectivity index (χ4v) is 2.06. The first-order valence-electron chi connectivity index (χ1n) is 6.38. The van der Waals surface area contributed by atoms with Crippen LogP contribution in [0, 0.1) is 5.82 Å². The predicted molar refractivity (Wildman–Crippen MR) is 75.6 cm³/mol. The average molecular weight is 259 g/mol. The lowest BCUT2D eigenvalue weighted by Crippen LogP contribution is -2.18. The third-order valence-corrected chi connectivity index (χ3v) is 2.98. The third kappa shape index (κ3) is 4.07. The lowest BCUT2D eigenvalue weighted by molar-refractivity contribution is 0.282. The van der Waals surface area contributed by atoms with Gasteiger partial charge in [0.05, 0.1) is 6.61 Å². The van der Waals surface area contributed by atoms with Gasteiger partial charge in [-0.25, -0.2) is 4.39 Å². The van der Waals surface area contributed by atoms with E-state index in [0.717, 1.165) is 23.2 Å². The Balaban J connectivity index is 1.95. The number of aliphatic hydroxyl groups is 1. The predicted octanol–water partition coefficient (Wildman–Crippen LogP) is 3.36. The number of halogens is 1. The zero-order valence-electron chi connectivity index (χ0n) is 10.9. The molecular formula is C16H18FNO. The van der Waals surface area contributed by atoms with Crippen LogP contribution in [0.1, 0.15) is 18.1 Å². The van der Waals surface area contributed by atoms with Gasteiger partial charge in [-0.1, -0.05) is 24.3 Å². The highest BCUT2D eigenvalue weighted by atomic mass is 19.1. The molecule has 1 unspecified atom stereocenters. The molecule has 0 heterocycles. The second kappa shape index (κ2) is 6.34. The molecule has 19 heavy (non-hydrogen) atoms. The first-order valence-corrected chi connectivity index (χ1v) is 6.38. The number of hydrogen-bond acceptors (Lipinski definition) is 2. The molecule has 1 atom stereocenters. The number of hydrogen-bond donors (Lipinski definition) is 2. The lowest BCUT2D eigenvalue weighted by Gasteiger charge is -2.15. The summed E-state index contributed by atoms with van der Waals surface area (Å²) in [5.74, 6) is -0.197. The Bertz CT molecular complexity index is 525. The van der Waals surface area contributed by atoms with E-state index in [1.54, 1.807) is 12.1 Å². The Morgan fingerprint density at radius 2 is 1.84 bits per heavy atom. The molecule has 0 saturated carbocycles. The summed E-state index contributed by atoms with van der Waals surface area (Å²) in [4.78, 5) is 0. The van der Waals surface area contributed by atoms with E-state index in [9.17, 15) is 4.39 Å². The van der Waals surface area contributed by atoms with Crippen molar-refractivity contribution in [1.29, 1.82) is 0 Å². The van der Waals surface area contributed by atoms with E-state index >= 15 is 0 Å². The van der Waals surface area contributed by atoms with E-state index in [0.29, 0.717) is 0 Å². The summed E-state index contributed by atoms with van der Waals surface area (Å²) in [5, 5.41) is 12.3. The second-order valence-corrected chi connectivity index (χ2v) is 4.73. The molecule has 0 aromatic heterocycles. The van der Waals surface area contributed by atoms with Crippen molar-refractivity contribution < 1.29 is 9.50 Å². The highest BCUT2D eigenvalue weighted by molar-refractivity contribution is 5.45. The van der Waals surface area contributed by atoms with Crippen molar-refractivity contribution in [3.05, 3.63) is 65.5 Å². The minimum absolute atomic E-state index is 0.0547. The zero-order chi connectivity index (χ0) is 13.7. The van der Waals surface area contributed by atoms with Gasteiger partial charge in [-0.3, -0.25) is 0 Å². The van der Waals surface area contributed by atoms with Crippen LogP contribution in [0.3, 0.4) is 0 Å². The van der Waals surface area contributed by atoms with E-state index in [1.165, 1.54) is 6.07 Å². The van der Waals surface area contributed by atoms with Crippen LogP contribution in [0.15, 0.2) is 48.5 Å². The Kier molecular flexibility index (Phi) is 4.53. The van der Waals surface area contributed by atoms with E-state index in [4.69, 9.17) is 5.11 Å². The van der Waals surface area contributed by atoms with Gasteiger partial charge >= 0.3 is 0 Å². The molecule has 2 nitrogen and oxygen atoms in total. The van der Waals surface area contributed by atoms with Gasteiger partial charge in [-0.15, -0.1) is 0 Å². The molecule has 0 aliphatic heterocycles. The Morgan fingerprint density at radius 3 is 2.47 bits per heavy atom. The van der Waals surface area contributed by atoms with Crippen LogP contribution in [0.5, 0.6) is 0 Å². The van der Waals surface area contributed by atoms with E-state index in [1.807, 2.05) is 30.3 Å². The van der Waals surface area contributed by atoms with Gasteiger partial charge in [0.15, 0.2) is 0 Å². The van der Waals surface area contributed by atoms with E-state index < -0.39 is 0 Å². The highest BCUT2D eigenvalue weighted by Crippen LogP contribution is 2.13. The van der Waals surface area contributed by atoms with Gasteiger partial charge in [-0.2, -0.15) is 0 Å².